The Labute approximate surface area is 195 Å². The third-order valence-corrected chi connectivity index (χ3v) is 5.46. The van der Waals surface area contributed by atoms with E-state index < -0.39 is 11.9 Å². The van der Waals surface area contributed by atoms with Crippen LogP contribution in [0.25, 0.3) is 0 Å². The Kier molecular flexibility index (Phi) is 7.73. The zero-order valence-electron chi connectivity index (χ0n) is 16.8. The zero-order chi connectivity index (χ0) is 22.5. The Morgan fingerprint density at radius 1 is 1.13 bits per heavy atom. The number of carbonyl (C=O) groups is 1. The summed E-state index contributed by atoms with van der Waals surface area (Å²) in [5, 5.41) is 20.2. The van der Waals surface area contributed by atoms with Gasteiger partial charge in [-0.15, -0.1) is 16.7 Å². The summed E-state index contributed by atoms with van der Waals surface area (Å²) in [5.74, 6) is -0.402. The summed E-state index contributed by atoms with van der Waals surface area (Å²) in [4.78, 5) is 13.1. The number of alkyl halides is 1. The minimum atomic E-state index is -0.720. The van der Waals surface area contributed by atoms with Gasteiger partial charge in [0.25, 0.3) is 11.8 Å². The molecule has 1 aromatic heterocycles. The number of hydrogen-bond acceptors (Lipinski definition) is 5. The molecule has 0 aliphatic rings. The summed E-state index contributed by atoms with van der Waals surface area (Å²) in [6, 6.07) is 13.0. The minimum Gasteiger partial charge on any atom is -0.437 e. The first-order valence-corrected chi connectivity index (χ1v) is 10.7. The predicted octanol–water partition coefficient (Wildman–Crippen LogP) is 5.87. The Morgan fingerprint density at radius 3 is 2.58 bits per heavy atom. The topological polar surface area (TPSA) is 75.5 Å². The van der Waals surface area contributed by atoms with E-state index in [0.717, 1.165) is 11.1 Å². The summed E-state index contributed by atoms with van der Waals surface area (Å²) < 4.78 is 5.71. The molecule has 0 spiro atoms. The lowest BCUT2D eigenvalue weighted by molar-refractivity contribution is -0.0830. The highest BCUT2D eigenvalue weighted by molar-refractivity contribution is 6.31. The van der Waals surface area contributed by atoms with Crippen molar-refractivity contribution in [1.29, 1.82) is 0 Å². The summed E-state index contributed by atoms with van der Waals surface area (Å²) >= 11 is 18.4. The second kappa shape index (κ2) is 10.3. The quantitative estimate of drug-likeness (QED) is 0.260. The number of amides is 1. The Balaban J connectivity index is 1.87. The first-order valence-electron chi connectivity index (χ1n) is 9.39. The lowest BCUT2D eigenvalue weighted by Gasteiger charge is -2.25. The van der Waals surface area contributed by atoms with Gasteiger partial charge in [-0.25, -0.2) is 5.06 Å². The molecule has 0 aliphatic carbocycles. The lowest BCUT2D eigenvalue weighted by Crippen LogP contribution is -2.40. The highest BCUT2D eigenvalue weighted by atomic mass is 35.5. The van der Waals surface area contributed by atoms with Gasteiger partial charge in [0.05, 0.1) is 11.7 Å². The summed E-state index contributed by atoms with van der Waals surface area (Å²) in [6.45, 7) is 3.61. The first-order chi connectivity index (χ1) is 14.8. The molecule has 6 nitrogen and oxygen atoms in total. The lowest BCUT2D eigenvalue weighted by atomic mass is 10.0. The van der Waals surface area contributed by atoms with Crippen molar-refractivity contribution >= 4 is 40.7 Å². The maximum absolute atomic E-state index is 13.1. The summed E-state index contributed by atoms with van der Waals surface area (Å²) in [6.07, 6.45) is 0.271. The van der Waals surface area contributed by atoms with E-state index >= 15 is 0 Å². The van der Waals surface area contributed by atoms with Crippen LogP contribution in [0.3, 0.4) is 0 Å². The maximum atomic E-state index is 13.1. The predicted molar refractivity (Wildman–Crippen MR) is 121 cm³/mol. The molecule has 2 aromatic carbocycles. The SMILES string of the molecule is Cc1ccc(CC(CCl)N(O)C(=O)c2cc(C)nnc2Oc2cccc(Cl)c2)c(Cl)c1. The number of nitrogens with zero attached hydrogens (tertiary/aromatic N) is 3. The van der Waals surface area contributed by atoms with Crippen LogP contribution in [0.5, 0.6) is 11.6 Å². The van der Waals surface area contributed by atoms with Gasteiger partial charge in [-0.1, -0.05) is 41.4 Å². The Hall–Kier alpha value is -2.38. The van der Waals surface area contributed by atoms with Gasteiger partial charge in [-0.3, -0.25) is 10.0 Å². The number of benzene rings is 2. The second-order valence-corrected chi connectivity index (χ2v) is 8.17. The van der Waals surface area contributed by atoms with Gasteiger partial charge in [0.2, 0.25) is 0 Å². The largest absolute Gasteiger partial charge is 0.437 e. The van der Waals surface area contributed by atoms with Crippen LogP contribution in [0.15, 0.2) is 48.5 Å². The molecule has 3 aromatic rings. The van der Waals surface area contributed by atoms with E-state index in [1.54, 1.807) is 31.2 Å². The van der Waals surface area contributed by atoms with Gasteiger partial charge in [-0.05, 0) is 61.7 Å². The monoisotopic (exact) mass is 479 g/mol. The number of halogens is 3. The molecule has 0 radical (unpaired) electrons. The van der Waals surface area contributed by atoms with Gasteiger partial charge in [0.1, 0.15) is 11.3 Å². The van der Waals surface area contributed by atoms with Gasteiger partial charge in [0, 0.05) is 15.9 Å². The molecule has 1 unspecified atom stereocenters. The fourth-order valence-electron chi connectivity index (χ4n) is 2.92. The van der Waals surface area contributed by atoms with Crippen LogP contribution in [-0.4, -0.2) is 38.3 Å². The molecule has 0 aliphatic heterocycles. The fourth-order valence-corrected chi connectivity index (χ4v) is 3.65. The highest BCUT2D eigenvalue weighted by Gasteiger charge is 2.27. The molecular formula is C22H20Cl3N3O3. The van der Waals surface area contributed by atoms with Crippen molar-refractivity contribution in [3.8, 4) is 11.6 Å². The van der Waals surface area contributed by atoms with E-state index in [-0.39, 0.29) is 23.7 Å². The van der Waals surface area contributed by atoms with Crippen LogP contribution in [0, 0.1) is 13.8 Å². The van der Waals surface area contributed by atoms with Crippen LogP contribution in [0.2, 0.25) is 10.0 Å². The average molecular weight is 481 g/mol. The van der Waals surface area contributed by atoms with Crippen LogP contribution in [0.1, 0.15) is 27.2 Å². The van der Waals surface area contributed by atoms with Gasteiger partial charge in [-0.2, -0.15) is 5.10 Å². The average Bonchev–Trinajstić information content (AvgIpc) is 2.73. The minimum absolute atomic E-state index is 0.00553. The van der Waals surface area contributed by atoms with Crippen molar-refractivity contribution in [3.63, 3.8) is 0 Å². The molecule has 3 rings (SSSR count). The van der Waals surface area contributed by atoms with E-state index in [1.165, 1.54) is 6.07 Å². The molecular weight excluding hydrogens is 461 g/mol. The number of ether oxygens (including phenoxy) is 1. The molecule has 31 heavy (non-hydrogen) atoms. The van der Waals surface area contributed by atoms with Crippen molar-refractivity contribution in [2.75, 3.05) is 5.88 Å². The van der Waals surface area contributed by atoms with Crippen molar-refractivity contribution in [2.24, 2.45) is 0 Å². The van der Waals surface area contributed by atoms with Crippen molar-refractivity contribution in [2.45, 2.75) is 26.3 Å². The number of carbonyl (C=O) groups excluding carboxylic acids is 1. The molecule has 1 N–H and O–H groups in total. The van der Waals surface area contributed by atoms with Crippen molar-refractivity contribution < 1.29 is 14.7 Å². The molecule has 0 saturated heterocycles. The number of aromatic nitrogens is 2. The molecule has 0 saturated carbocycles. The van der Waals surface area contributed by atoms with E-state index in [4.69, 9.17) is 39.5 Å². The van der Waals surface area contributed by atoms with Crippen LogP contribution >= 0.6 is 34.8 Å². The van der Waals surface area contributed by atoms with E-state index in [9.17, 15) is 10.0 Å². The molecule has 162 valence electrons. The van der Waals surface area contributed by atoms with Crippen LogP contribution < -0.4 is 4.74 Å². The fraction of sp³-hybridized carbons (Fsp3) is 0.227. The maximum Gasteiger partial charge on any atom is 0.283 e. The number of aryl methyl sites for hydroxylation is 2. The zero-order valence-corrected chi connectivity index (χ0v) is 19.1. The van der Waals surface area contributed by atoms with Crippen molar-refractivity contribution in [3.05, 3.63) is 81.0 Å². The molecule has 9 heteroatoms. The number of hydroxylamine groups is 2. The summed E-state index contributed by atoms with van der Waals surface area (Å²) in [5.41, 5.74) is 2.30. The summed E-state index contributed by atoms with van der Waals surface area (Å²) in [7, 11) is 0. The smallest absolute Gasteiger partial charge is 0.283 e. The van der Waals surface area contributed by atoms with Gasteiger partial charge >= 0.3 is 0 Å². The van der Waals surface area contributed by atoms with Gasteiger partial charge < -0.3 is 4.74 Å². The van der Waals surface area contributed by atoms with E-state index in [0.29, 0.717) is 26.6 Å². The Morgan fingerprint density at radius 2 is 1.90 bits per heavy atom. The molecule has 1 amide bonds. The van der Waals surface area contributed by atoms with Crippen molar-refractivity contribution in [1.82, 2.24) is 15.3 Å². The van der Waals surface area contributed by atoms with E-state index in [2.05, 4.69) is 10.2 Å². The number of rotatable bonds is 7. The van der Waals surface area contributed by atoms with E-state index in [1.807, 2.05) is 25.1 Å². The molecule has 1 heterocycles. The molecule has 0 bridgehead atoms. The molecule has 1 atom stereocenters. The first kappa shape index (κ1) is 23.3. The third kappa shape index (κ3) is 5.86. The standard InChI is InChI=1S/C22H20Cl3N3O3/c1-13-6-7-15(20(25)8-13)10-17(12-23)28(30)22(29)19-9-14(2)26-27-21(19)31-18-5-3-4-16(24)11-18/h3-9,11,17,30H,10,12H2,1-2H3. The third-order valence-electron chi connectivity index (χ3n) is 4.52. The van der Waals surface area contributed by atoms with Crippen LogP contribution in [0.4, 0.5) is 0 Å². The van der Waals surface area contributed by atoms with Crippen LogP contribution in [-0.2, 0) is 6.42 Å². The van der Waals surface area contributed by atoms with Gasteiger partial charge in [0.15, 0.2) is 0 Å². The second-order valence-electron chi connectivity index (χ2n) is 7.02. The normalized spacial score (nSPS) is 11.8. The Bertz CT molecular complexity index is 1090. The highest BCUT2D eigenvalue weighted by Crippen LogP contribution is 2.27. The number of hydrogen-bond donors (Lipinski definition) is 1. The molecule has 0 fully saturated rings.